The molecule has 0 aliphatic carbocycles. The van der Waals surface area contributed by atoms with E-state index in [1.165, 1.54) is 5.56 Å². The highest BCUT2D eigenvalue weighted by Gasteiger charge is 2.23. The molecule has 0 aromatic heterocycles. The molecule has 1 unspecified atom stereocenters. The van der Waals surface area contributed by atoms with Crippen LogP contribution in [-0.2, 0) is 11.2 Å². The smallest absolute Gasteiger partial charge is 0.0818 e. The van der Waals surface area contributed by atoms with Gasteiger partial charge in [0.25, 0.3) is 0 Å². The van der Waals surface area contributed by atoms with E-state index in [4.69, 9.17) is 10.00 Å². The van der Waals surface area contributed by atoms with Crippen LogP contribution in [0, 0.1) is 16.7 Å². The van der Waals surface area contributed by atoms with Crippen LogP contribution >= 0.6 is 0 Å². The van der Waals surface area contributed by atoms with E-state index in [1.807, 2.05) is 37.3 Å². The van der Waals surface area contributed by atoms with Crippen LogP contribution in [-0.4, -0.2) is 13.7 Å². The summed E-state index contributed by atoms with van der Waals surface area (Å²) in [6.45, 7) is 2.39. The quantitative estimate of drug-likeness (QED) is 0.728. The van der Waals surface area contributed by atoms with Crippen molar-refractivity contribution in [1.29, 1.82) is 5.26 Å². The predicted molar refractivity (Wildman–Crippen MR) is 55.7 cm³/mol. The van der Waals surface area contributed by atoms with E-state index < -0.39 is 5.41 Å². The fourth-order valence-corrected chi connectivity index (χ4v) is 1.49. The van der Waals surface area contributed by atoms with Crippen molar-refractivity contribution in [3.63, 3.8) is 0 Å². The number of benzene rings is 1. The minimum absolute atomic E-state index is 0.421. The maximum Gasteiger partial charge on any atom is 0.0818 e. The number of methoxy groups -OCH3 is 1. The molecule has 0 aliphatic rings. The van der Waals surface area contributed by atoms with Crippen LogP contribution in [0.4, 0.5) is 0 Å². The summed E-state index contributed by atoms with van der Waals surface area (Å²) in [5, 5.41) is 9.05. The van der Waals surface area contributed by atoms with Gasteiger partial charge in [0.05, 0.1) is 18.1 Å². The van der Waals surface area contributed by atoms with Crippen molar-refractivity contribution in [3.8, 4) is 6.07 Å². The van der Waals surface area contributed by atoms with E-state index >= 15 is 0 Å². The van der Waals surface area contributed by atoms with Gasteiger partial charge >= 0.3 is 0 Å². The van der Waals surface area contributed by atoms with E-state index in [0.29, 0.717) is 6.61 Å². The van der Waals surface area contributed by atoms with Crippen molar-refractivity contribution >= 4 is 0 Å². The average Bonchev–Trinajstić information content (AvgIpc) is 2.20. The highest BCUT2D eigenvalue weighted by Crippen LogP contribution is 2.21. The molecule has 14 heavy (non-hydrogen) atoms. The van der Waals surface area contributed by atoms with Gasteiger partial charge in [-0.15, -0.1) is 0 Å². The van der Waals surface area contributed by atoms with Crippen LogP contribution < -0.4 is 0 Å². The average molecular weight is 189 g/mol. The molecule has 0 fully saturated rings. The highest BCUT2D eigenvalue weighted by atomic mass is 16.5. The van der Waals surface area contributed by atoms with Crippen molar-refractivity contribution in [2.24, 2.45) is 5.41 Å². The molecule has 0 saturated heterocycles. The highest BCUT2D eigenvalue weighted by molar-refractivity contribution is 5.18. The molecule has 1 aromatic rings. The molecule has 74 valence electrons. The molecule has 0 aliphatic heterocycles. The normalized spacial score (nSPS) is 14.4. The second kappa shape index (κ2) is 4.78. The van der Waals surface area contributed by atoms with Gasteiger partial charge in [0.15, 0.2) is 0 Å². The summed E-state index contributed by atoms with van der Waals surface area (Å²) >= 11 is 0. The molecule has 0 bridgehead atoms. The Hall–Kier alpha value is -1.33. The topological polar surface area (TPSA) is 33.0 Å². The minimum Gasteiger partial charge on any atom is -0.383 e. The van der Waals surface area contributed by atoms with E-state index in [-0.39, 0.29) is 0 Å². The SMILES string of the molecule is COCC(C)(C#N)Cc1ccccc1. The third-order valence-electron chi connectivity index (χ3n) is 2.17. The molecular formula is C12H15NO. The number of nitrogens with zero attached hydrogens (tertiary/aromatic N) is 1. The van der Waals surface area contributed by atoms with E-state index in [0.717, 1.165) is 6.42 Å². The first-order chi connectivity index (χ1) is 6.70. The molecule has 0 heterocycles. The zero-order valence-electron chi connectivity index (χ0n) is 8.66. The lowest BCUT2D eigenvalue weighted by molar-refractivity contribution is 0.126. The molecule has 0 amide bonds. The van der Waals surface area contributed by atoms with Crippen molar-refractivity contribution in [1.82, 2.24) is 0 Å². The van der Waals surface area contributed by atoms with E-state index in [2.05, 4.69) is 6.07 Å². The number of rotatable bonds is 4. The Morgan fingerprint density at radius 3 is 2.50 bits per heavy atom. The third-order valence-corrected chi connectivity index (χ3v) is 2.17. The Kier molecular flexibility index (Phi) is 3.67. The second-order valence-corrected chi connectivity index (χ2v) is 3.77. The Morgan fingerprint density at radius 1 is 1.36 bits per heavy atom. The monoisotopic (exact) mass is 189 g/mol. The first-order valence-corrected chi connectivity index (χ1v) is 4.64. The Morgan fingerprint density at radius 2 is 2.00 bits per heavy atom. The van der Waals surface area contributed by atoms with Crippen LogP contribution in [0.25, 0.3) is 0 Å². The molecule has 0 radical (unpaired) electrons. The maximum atomic E-state index is 9.05. The van der Waals surface area contributed by atoms with Gasteiger partial charge in [0.1, 0.15) is 0 Å². The summed E-state index contributed by atoms with van der Waals surface area (Å²) in [6.07, 6.45) is 0.734. The van der Waals surface area contributed by atoms with Gasteiger partial charge in [-0.1, -0.05) is 30.3 Å². The summed E-state index contributed by atoms with van der Waals surface area (Å²) in [6, 6.07) is 12.3. The minimum atomic E-state index is -0.421. The van der Waals surface area contributed by atoms with Crippen molar-refractivity contribution in [3.05, 3.63) is 35.9 Å². The molecule has 2 nitrogen and oxygen atoms in total. The Bertz CT molecular complexity index is 315. The zero-order valence-corrected chi connectivity index (χ0v) is 8.66. The standard InChI is InChI=1S/C12H15NO/c1-12(9-13,10-14-2)8-11-6-4-3-5-7-11/h3-7H,8,10H2,1-2H3. The fraction of sp³-hybridized carbons (Fsp3) is 0.417. The van der Waals surface area contributed by atoms with Gasteiger partial charge in [-0.3, -0.25) is 0 Å². The molecule has 0 spiro atoms. The van der Waals surface area contributed by atoms with Gasteiger partial charge in [-0.25, -0.2) is 0 Å². The molecular weight excluding hydrogens is 174 g/mol. The van der Waals surface area contributed by atoms with Gasteiger partial charge in [0.2, 0.25) is 0 Å². The maximum absolute atomic E-state index is 9.05. The molecule has 2 heteroatoms. The van der Waals surface area contributed by atoms with Gasteiger partial charge in [-0.05, 0) is 18.9 Å². The Balaban J connectivity index is 2.72. The van der Waals surface area contributed by atoms with Crippen LogP contribution in [0.3, 0.4) is 0 Å². The van der Waals surface area contributed by atoms with Crippen LogP contribution in [0.5, 0.6) is 0 Å². The molecule has 1 aromatic carbocycles. The lowest BCUT2D eigenvalue weighted by Crippen LogP contribution is -2.23. The molecule has 0 saturated carbocycles. The summed E-state index contributed by atoms with van der Waals surface area (Å²) in [5.74, 6) is 0. The number of nitriles is 1. The predicted octanol–water partition coefficient (Wildman–Crippen LogP) is 2.41. The van der Waals surface area contributed by atoms with E-state index in [1.54, 1.807) is 7.11 Å². The first kappa shape index (κ1) is 10.7. The van der Waals surface area contributed by atoms with Gasteiger partial charge in [-0.2, -0.15) is 5.26 Å². The van der Waals surface area contributed by atoms with Gasteiger partial charge in [0, 0.05) is 7.11 Å². The van der Waals surface area contributed by atoms with Crippen molar-refractivity contribution < 1.29 is 4.74 Å². The molecule has 0 N–H and O–H groups in total. The molecule has 1 atom stereocenters. The fourth-order valence-electron chi connectivity index (χ4n) is 1.49. The van der Waals surface area contributed by atoms with Gasteiger partial charge < -0.3 is 4.74 Å². The van der Waals surface area contributed by atoms with Crippen molar-refractivity contribution in [2.45, 2.75) is 13.3 Å². The summed E-state index contributed by atoms with van der Waals surface area (Å²) in [7, 11) is 1.63. The lowest BCUT2D eigenvalue weighted by atomic mass is 9.86. The third kappa shape index (κ3) is 2.86. The zero-order chi connectivity index (χ0) is 10.4. The van der Waals surface area contributed by atoms with Crippen molar-refractivity contribution in [2.75, 3.05) is 13.7 Å². The molecule has 1 rings (SSSR count). The van der Waals surface area contributed by atoms with E-state index in [9.17, 15) is 0 Å². The Labute approximate surface area is 85.1 Å². The summed E-state index contributed by atoms with van der Waals surface area (Å²) < 4.78 is 5.05. The second-order valence-electron chi connectivity index (χ2n) is 3.77. The summed E-state index contributed by atoms with van der Waals surface area (Å²) in [4.78, 5) is 0. The number of hydrogen-bond acceptors (Lipinski definition) is 2. The van der Waals surface area contributed by atoms with Crippen LogP contribution in [0.1, 0.15) is 12.5 Å². The lowest BCUT2D eigenvalue weighted by Gasteiger charge is -2.20. The van der Waals surface area contributed by atoms with Crippen LogP contribution in [0.15, 0.2) is 30.3 Å². The largest absolute Gasteiger partial charge is 0.383 e. The number of hydrogen-bond donors (Lipinski definition) is 0. The first-order valence-electron chi connectivity index (χ1n) is 4.64. The summed E-state index contributed by atoms with van der Waals surface area (Å²) in [5.41, 5.74) is 0.754. The van der Waals surface area contributed by atoms with Crippen LogP contribution in [0.2, 0.25) is 0 Å². The number of ether oxygens (including phenoxy) is 1.